The zero-order chi connectivity index (χ0) is 17.1. The summed E-state index contributed by atoms with van der Waals surface area (Å²) in [6.45, 7) is 8.89. The van der Waals surface area contributed by atoms with Crippen LogP contribution in [0.15, 0.2) is 18.5 Å². The Kier molecular flexibility index (Phi) is 5.26. The topological polar surface area (TPSA) is 58.1 Å². The van der Waals surface area contributed by atoms with Gasteiger partial charge in [0.05, 0.1) is 0 Å². The van der Waals surface area contributed by atoms with Gasteiger partial charge in [0.15, 0.2) is 5.13 Å². The molecule has 1 fully saturated rings. The van der Waals surface area contributed by atoms with Crippen molar-refractivity contribution in [1.29, 1.82) is 0 Å². The molecule has 1 unspecified atom stereocenters. The van der Waals surface area contributed by atoms with Crippen LogP contribution in [0.25, 0.3) is 0 Å². The number of carbonyl (C=O) groups is 1. The van der Waals surface area contributed by atoms with E-state index in [9.17, 15) is 4.79 Å². The molecule has 3 heterocycles. The first kappa shape index (κ1) is 17.0. The molecule has 1 aliphatic heterocycles. The highest BCUT2D eigenvalue weighted by molar-refractivity contribution is 7.15. The van der Waals surface area contributed by atoms with Crippen molar-refractivity contribution in [2.45, 2.75) is 40.2 Å². The molecule has 2 aromatic heterocycles. The number of anilines is 1. The number of nitrogens with zero attached hydrogens (tertiary/aromatic N) is 3. The molecule has 5 nitrogen and oxygen atoms in total. The van der Waals surface area contributed by atoms with Gasteiger partial charge in [0.2, 0.25) is 5.91 Å². The molecule has 128 valence electrons. The Balaban J connectivity index is 1.52. The van der Waals surface area contributed by atoms with Crippen LogP contribution < -0.4 is 5.32 Å². The minimum atomic E-state index is -0.0713. The molecule has 0 aliphatic carbocycles. The maximum Gasteiger partial charge on any atom is 0.223 e. The third kappa shape index (κ3) is 4.39. The van der Waals surface area contributed by atoms with Crippen LogP contribution in [0, 0.1) is 19.8 Å². The van der Waals surface area contributed by atoms with Crippen molar-refractivity contribution in [3.8, 4) is 0 Å². The Morgan fingerprint density at radius 3 is 2.92 bits per heavy atom. The zero-order valence-corrected chi connectivity index (χ0v) is 15.3. The van der Waals surface area contributed by atoms with Gasteiger partial charge in [0.25, 0.3) is 0 Å². The van der Waals surface area contributed by atoms with Crippen LogP contribution in [-0.2, 0) is 17.8 Å². The average Bonchev–Trinajstić information content (AvgIpc) is 3.13. The molecule has 1 N–H and O–H groups in total. The van der Waals surface area contributed by atoms with Gasteiger partial charge in [-0.15, -0.1) is 11.3 Å². The molecule has 0 saturated carbocycles. The van der Waals surface area contributed by atoms with Crippen molar-refractivity contribution < 1.29 is 4.79 Å². The van der Waals surface area contributed by atoms with Crippen molar-refractivity contribution in [3.63, 3.8) is 0 Å². The Hall–Kier alpha value is -1.79. The fraction of sp³-hybridized carbons (Fsp3) is 0.500. The number of aromatic nitrogens is 2. The van der Waals surface area contributed by atoms with E-state index in [1.165, 1.54) is 35.0 Å². The van der Waals surface area contributed by atoms with Gasteiger partial charge in [0, 0.05) is 43.0 Å². The van der Waals surface area contributed by atoms with E-state index in [0.717, 1.165) is 26.1 Å². The summed E-state index contributed by atoms with van der Waals surface area (Å²) in [6, 6.07) is 2.22. The van der Waals surface area contributed by atoms with E-state index in [-0.39, 0.29) is 5.91 Å². The molecule has 1 amide bonds. The normalized spacial score (nSPS) is 18.0. The van der Waals surface area contributed by atoms with Gasteiger partial charge in [-0.25, -0.2) is 4.98 Å². The zero-order valence-electron chi connectivity index (χ0n) is 14.5. The Morgan fingerprint density at radius 1 is 1.33 bits per heavy atom. The fourth-order valence-corrected chi connectivity index (χ4v) is 4.02. The van der Waals surface area contributed by atoms with Crippen LogP contribution in [0.2, 0.25) is 0 Å². The summed E-state index contributed by atoms with van der Waals surface area (Å²) in [7, 11) is 0. The van der Waals surface area contributed by atoms with Gasteiger partial charge in [0.1, 0.15) is 0 Å². The minimum Gasteiger partial charge on any atom is -0.302 e. The summed E-state index contributed by atoms with van der Waals surface area (Å²) in [4.78, 5) is 23.6. The fourth-order valence-electron chi connectivity index (χ4n) is 3.12. The summed E-state index contributed by atoms with van der Waals surface area (Å²) >= 11 is 1.56. The summed E-state index contributed by atoms with van der Waals surface area (Å²) in [5, 5.41) is 3.43. The molecular formula is C18H24N4OS. The lowest BCUT2D eigenvalue weighted by molar-refractivity contribution is -0.114. The second-order valence-electron chi connectivity index (χ2n) is 6.67. The molecule has 0 radical (unpaired) electrons. The quantitative estimate of drug-likeness (QED) is 0.905. The molecule has 0 bridgehead atoms. The highest BCUT2D eigenvalue weighted by atomic mass is 32.1. The van der Waals surface area contributed by atoms with E-state index < -0.39 is 0 Å². The number of rotatable bonds is 5. The highest BCUT2D eigenvalue weighted by Crippen LogP contribution is 2.25. The van der Waals surface area contributed by atoms with Crippen LogP contribution in [0.5, 0.6) is 0 Å². The predicted molar refractivity (Wildman–Crippen MR) is 97.2 cm³/mol. The molecule has 6 heteroatoms. The number of hydrogen-bond acceptors (Lipinski definition) is 5. The predicted octanol–water partition coefficient (Wildman–Crippen LogP) is 3.18. The molecule has 1 saturated heterocycles. The summed E-state index contributed by atoms with van der Waals surface area (Å²) in [5.41, 5.74) is 3.78. The molecule has 2 aromatic rings. The standard InChI is InChI=1S/C18H24N4OS/c1-12-6-16(19-8-13(12)2)7-15-4-5-22(10-15)11-17-9-20-18(24-17)21-14(3)23/h6,8-9,15H,4-5,7,10-11H2,1-3H3,(H,20,21,23). The molecule has 1 aliphatic rings. The summed E-state index contributed by atoms with van der Waals surface area (Å²) in [6.07, 6.45) is 6.12. The van der Waals surface area contributed by atoms with E-state index in [2.05, 4.69) is 40.1 Å². The van der Waals surface area contributed by atoms with E-state index in [4.69, 9.17) is 0 Å². The van der Waals surface area contributed by atoms with E-state index in [0.29, 0.717) is 11.0 Å². The summed E-state index contributed by atoms with van der Waals surface area (Å²) in [5.74, 6) is 0.598. The van der Waals surface area contributed by atoms with Crippen molar-refractivity contribution in [2.75, 3.05) is 18.4 Å². The maximum absolute atomic E-state index is 11.1. The number of hydrogen-bond donors (Lipinski definition) is 1. The first-order chi connectivity index (χ1) is 11.5. The lowest BCUT2D eigenvalue weighted by atomic mass is 10.0. The molecule has 1 atom stereocenters. The van der Waals surface area contributed by atoms with Gasteiger partial charge < -0.3 is 5.32 Å². The molecule has 24 heavy (non-hydrogen) atoms. The number of amides is 1. The van der Waals surface area contributed by atoms with Crippen LogP contribution in [0.4, 0.5) is 5.13 Å². The smallest absolute Gasteiger partial charge is 0.223 e. The Morgan fingerprint density at radius 2 is 2.17 bits per heavy atom. The van der Waals surface area contributed by atoms with Crippen molar-refractivity contribution >= 4 is 22.4 Å². The van der Waals surface area contributed by atoms with Crippen LogP contribution >= 0.6 is 11.3 Å². The molecule has 3 rings (SSSR count). The van der Waals surface area contributed by atoms with Crippen LogP contribution in [0.3, 0.4) is 0 Å². The third-order valence-corrected chi connectivity index (χ3v) is 5.41. The second-order valence-corrected chi connectivity index (χ2v) is 7.78. The van der Waals surface area contributed by atoms with Gasteiger partial charge in [-0.3, -0.25) is 14.7 Å². The van der Waals surface area contributed by atoms with E-state index >= 15 is 0 Å². The van der Waals surface area contributed by atoms with Crippen molar-refractivity contribution in [3.05, 3.63) is 40.2 Å². The van der Waals surface area contributed by atoms with Gasteiger partial charge in [-0.2, -0.15) is 0 Å². The van der Waals surface area contributed by atoms with Crippen LogP contribution in [0.1, 0.15) is 35.0 Å². The van der Waals surface area contributed by atoms with Crippen molar-refractivity contribution in [1.82, 2.24) is 14.9 Å². The number of likely N-dealkylation sites (tertiary alicyclic amines) is 1. The minimum absolute atomic E-state index is 0.0713. The molecule has 0 spiro atoms. The van der Waals surface area contributed by atoms with Crippen molar-refractivity contribution in [2.24, 2.45) is 5.92 Å². The van der Waals surface area contributed by atoms with Gasteiger partial charge >= 0.3 is 0 Å². The number of pyridine rings is 1. The third-order valence-electron chi connectivity index (χ3n) is 4.51. The Labute approximate surface area is 147 Å². The van der Waals surface area contributed by atoms with Crippen LogP contribution in [-0.4, -0.2) is 33.9 Å². The highest BCUT2D eigenvalue weighted by Gasteiger charge is 2.23. The Bertz CT molecular complexity index is 728. The number of thiazole rings is 1. The number of nitrogens with one attached hydrogen (secondary N) is 1. The van der Waals surface area contributed by atoms with Gasteiger partial charge in [-0.05, 0) is 56.3 Å². The van der Waals surface area contributed by atoms with E-state index in [1.54, 1.807) is 11.3 Å². The van der Waals surface area contributed by atoms with Gasteiger partial charge in [-0.1, -0.05) is 0 Å². The lowest BCUT2D eigenvalue weighted by Crippen LogP contribution is -2.20. The van der Waals surface area contributed by atoms with E-state index in [1.807, 2.05) is 12.4 Å². The first-order valence-corrected chi connectivity index (χ1v) is 9.18. The number of aryl methyl sites for hydroxylation is 2. The molecular weight excluding hydrogens is 320 g/mol. The second kappa shape index (κ2) is 7.40. The molecule has 0 aromatic carbocycles. The SMILES string of the molecule is CC(=O)Nc1ncc(CN2CCC(Cc3cc(C)c(C)cn3)C2)s1. The number of carbonyl (C=O) groups excluding carboxylic acids is 1. The maximum atomic E-state index is 11.1. The average molecular weight is 344 g/mol. The largest absolute Gasteiger partial charge is 0.302 e. The summed E-state index contributed by atoms with van der Waals surface area (Å²) < 4.78 is 0. The first-order valence-electron chi connectivity index (χ1n) is 8.36. The lowest BCUT2D eigenvalue weighted by Gasteiger charge is -2.14. The monoisotopic (exact) mass is 344 g/mol.